The second kappa shape index (κ2) is 9.68. The van der Waals surface area contributed by atoms with Crippen molar-refractivity contribution in [2.45, 2.75) is 46.4 Å². The summed E-state index contributed by atoms with van der Waals surface area (Å²) in [7, 11) is 0. The van der Waals surface area contributed by atoms with E-state index in [1.54, 1.807) is 24.3 Å². The van der Waals surface area contributed by atoms with Crippen molar-refractivity contribution in [2.24, 2.45) is 5.41 Å². The van der Waals surface area contributed by atoms with E-state index in [-0.39, 0.29) is 18.4 Å². The molecule has 0 unspecified atom stereocenters. The van der Waals surface area contributed by atoms with Gasteiger partial charge in [-0.15, -0.1) is 0 Å². The number of nitrogens with one attached hydrogen (secondary N) is 2. The molecule has 0 aliphatic rings. The number of ether oxygens (including phenoxy) is 1. The third-order valence-corrected chi connectivity index (χ3v) is 3.36. The third-order valence-electron chi connectivity index (χ3n) is 3.11. The Kier molecular flexibility index (Phi) is 8.25. The molecule has 0 fully saturated rings. The molecule has 1 aromatic rings. The normalized spacial score (nSPS) is 12.8. The zero-order valence-corrected chi connectivity index (χ0v) is 15.2. The average Bonchev–Trinajstić information content (AvgIpc) is 2.48. The number of carbonyl (C=O) groups is 2. The van der Waals surface area contributed by atoms with Crippen LogP contribution in [0.1, 0.15) is 32.8 Å². The summed E-state index contributed by atoms with van der Waals surface area (Å²) < 4.78 is 28.8. The van der Waals surface area contributed by atoms with Crippen LogP contribution in [0.15, 0.2) is 24.3 Å². The molecule has 2 N–H and O–H groups in total. The first kappa shape index (κ1) is 21.3. The summed E-state index contributed by atoms with van der Waals surface area (Å²) in [5, 5.41) is 5.60. The van der Waals surface area contributed by atoms with Gasteiger partial charge in [-0.25, -0.2) is 0 Å². The monoisotopic (exact) mass is 376 g/mol. The van der Waals surface area contributed by atoms with Gasteiger partial charge in [0.25, 0.3) is 0 Å². The van der Waals surface area contributed by atoms with Gasteiger partial charge in [0.05, 0.1) is 6.61 Å². The van der Waals surface area contributed by atoms with Crippen molar-refractivity contribution in [1.82, 2.24) is 10.6 Å². The number of hydrogen-bond donors (Lipinski definition) is 2. The second-order valence-electron chi connectivity index (χ2n) is 6.80. The molecule has 0 aliphatic carbocycles. The maximum Gasteiger partial charge on any atom is 0.345 e. The van der Waals surface area contributed by atoms with E-state index in [9.17, 15) is 18.4 Å². The molecule has 0 saturated heterocycles. The lowest BCUT2D eigenvalue weighted by Gasteiger charge is -2.22. The predicted molar refractivity (Wildman–Crippen MR) is 91.3 cm³/mol. The van der Waals surface area contributed by atoms with Crippen LogP contribution in [0, 0.1) is 5.41 Å². The fourth-order valence-corrected chi connectivity index (χ4v) is 2.12. The topological polar surface area (TPSA) is 67.4 Å². The maximum absolute atomic E-state index is 12.3. The summed E-state index contributed by atoms with van der Waals surface area (Å²) in [4.78, 5) is 24.2. The molecule has 1 rings (SSSR count). The van der Waals surface area contributed by atoms with Gasteiger partial charge in [-0.3, -0.25) is 9.59 Å². The fourth-order valence-electron chi connectivity index (χ4n) is 1.99. The molecule has 0 radical (unpaired) electrons. The van der Waals surface area contributed by atoms with Crippen LogP contribution in [0.2, 0.25) is 5.02 Å². The Hall–Kier alpha value is -1.73. The molecular formula is C17H23ClF2N2O3. The Morgan fingerprint density at radius 1 is 1.20 bits per heavy atom. The predicted octanol–water partition coefficient (Wildman–Crippen LogP) is 3.12. The zero-order chi connectivity index (χ0) is 19.0. The lowest BCUT2D eigenvalue weighted by molar-refractivity contribution is -0.147. The molecule has 25 heavy (non-hydrogen) atoms. The SMILES string of the molecule is CC(C)(C)CC(=O)N[C@H](COC(F)F)C(=O)NCc1ccc(Cl)cc1. The minimum Gasteiger partial charge on any atom is -0.350 e. The highest BCUT2D eigenvalue weighted by Gasteiger charge is 2.24. The van der Waals surface area contributed by atoms with E-state index in [4.69, 9.17) is 11.6 Å². The van der Waals surface area contributed by atoms with Gasteiger partial charge in [0.15, 0.2) is 0 Å². The quantitative estimate of drug-likeness (QED) is 0.732. The van der Waals surface area contributed by atoms with Crippen LogP contribution in [0.4, 0.5) is 8.78 Å². The lowest BCUT2D eigenvalue weighted by atomic mass is 9.92. The van der Waals surface area contributed by atoms with Crippen LogP contribution < -0.4 is 10.6 Å². The van der Waals surface area contributed by atoms with Crippen molar-refractivity contribution in [3.8, 4) is 0 Å². The highest BCUT2D eigenvalue weighted by atomic mass is 35.5. The highest BCUT2D eigenvalue weighted by molar-refractivity contribution is 6.30. The molecule has 5 nitrogen and oxygen atoms in total. The average molecular weight is 377 g/mol. The van der Waals surface area contributed by atoms with Crippen LogP contribution in [0.5, 0.6) is 0 Å². The van der Waals surface area contributed by atoms with E-state index >= 15 is 0 Å². The summed E-state index contributed by atoms with van der Waals surface area (Å²) in [5.41, 5.74) is 0.491. The Morgan fingerprint density at radius 3 is 2.32 bits per heavy atom. The molecule has 140 valence electrons. The number of rotatable bonds is 8. The largest absolute Gasteiger partial charge is 0.350 e. The van der Waals surface area contributed by atoms with Gasteiger partial charge in [0, 0.05) is 18.0 Å². The van der Waals surface area contributed by atoms with Gasteiger partial charge in [-0.2, -0.15) is 8.78 Å². The summed E-state index contributed by atoms with van der Waals surface area (Å²) in [6.45, 7) is 2.12. The molecule has 0 aromatic heterocycles. The highest BCUT2D eigenvalue weighted by Crippen LogP contribution is 2.18. The Balaban J connectivity index is 2.64. The number of hydrogen-bond acceptors (Lipinski definition) is 3. The van der Waals surface area contributed by atoms with Crippen molar-refractivity contribution < 1.29 is 23.1 Å². The molecule has 1 atom stereocenters. The smallest absolute Gasteiger partial charge is 0.345 e. The van der Waals surface area contributed by atoms with Gasteiger partial charge in [-0.05, 0) is 23.1 Å². The number of alkyl halides is 2. The van der Waals surface area contributed by atoms with E-state index in [1.165, 1.54) is 0 Å². The summed E-state index contributed by atoms with van der Waals surface area (Å²) in [6, 6.07) is 5.60. The second-order valence-corrected chi connectivity index (χ2v) is 7.23. The zero-order valence-electron chi connectivity index (χ0n) is 14.4. The Morgan fingerprint density at radius 2 is 1.80 bits per heavy atom. The Labute approximate surface area is 151 Å². The van der Waals surface area contributed by atoms with E-state index in [0.29, 0.717) is 5.02 Å². The van der Waals surface area contributed by atoms with Crippen LogP contribution in [-0.2, 0) is 20.9 Å². The first-order chi connectivity index (χ1) is 11.6. The number of benzene rings is 1. The molecule has 1 aromatic carbocycles. The maximum atomic E-state index is 12.3. The standard InChI is InChI=1S/C17H23ClF2N2O3/c1-17(2,3)8-14(23)22-13(10-25-16(19)20)15(24)21-9-11-4-6-12(18)7-5-11/h4-7,13,16H,8-10H2,1-3H3,(H,21,24)(H,22,23)/t13-/m1/s1. The molecule has 0 aliphatic heterocycles. The van der Waals surface area contributed by atoms with Gasteiger partial charge >= 0.3 is 6.61 Å². The van der Waals surface area contributed by atoms with Gasteiger partial charge in [0.2, 0.25) is 11.8 Å². The van der Waals surface area contributed by atoms with Gasteiger partial charge < -0.3 is 15.4 Å². The van der Waals surface area contributed by atoms with Crippen LogP contribution in [0.25, 0.3) is 0 Å². The summed E-state index contributed by atoms with van der Waals surface area (Å²) in [6.07, 6.45) is 0.155. The summed E-state index contributed by atoms with van der Waals surface area (Å²) in [5.74, 6) is -1.00. The molecule has 0 heterocycles. The molecule has 0 saturated carbocycles. The molecule has 0 bridgehead atoms. The third kappa shape index (κ3) is 9.36. The minimum atomic E-state index is -3.02. The van der Waals surface area contributed by atoms with Crippen molar-refractivity contribution in [3.63, 3.8) is 0 Å². The molecule has 8 heteroatoms. The molecular weight excluding hydrogens is 354 g/mol. The lowest BCUT2D eigenvalue weighted by Crippen LogP contribution is -2.50. The van der Waals surface area contributed by atoms with Crippen molar-refractivity contribution in [1.29, 1.82) is 0 Å². The number of amides is 2. The van der Waals surface area contributed by atoms with E-state index in [1.807, 2.05) is 20.8 Å². The van der Waals surface area contributed by atoms with E-state index in [0.717, 1.165) is 5.56 Å². The number of halogens is 3. The number of carbonyl (C=O) groups excluding carboxylic acids is 2. The molecule has 2 amide bonds. The van der Waals surface area contributed by atoms with E-state index in [2.05, 4.69) is 15.4 Å². The first-order valence-electron chi connectivity index (χ1n) is 7.78. The summed E-state index contributed by atoms with van der Waals surface area (Å²) >= 11 is 5.78. The van der Waals surface area contributed by atoms with Crippen molar-refractivity contribution in [2.75, 3.05) is 6.61 Å². The minimum absolute atomic E-state index is 0.155. The Bertz CT molecular complexity index is 574. The van der Waals surface area contributed by atoms with Crippen LogP contribution in [0.3, 0.4) is 0 Å². The van der Waals surface area contributed by atoms with E-state index < -0.39 is 31.1 Å². The van der Waals surface area contributed by atoms with Crippen molar-refractivity contribution >= 4 is 23.4 Å². The van der Waals surface area contributed by atoms with Crippen LogP contribution >= 0.6 is 11.6 Å². The van der Waals surface area contributed by atoms with Gasteiger partial charge in [0.1, 0.15) is 6.04 Å². The fraction of sp³-hybridized carbons (Fsp3) is 0.529. The van der Waals surface area contributed by atoms with Crippen LogP contribution in [-0.4, -0.2) is 31.1 Å². The molecule has 0 spiro atoms. The first-order valence-corrected chi connectivity index (χ1v) is 8.16. The van der Waals surface area contributed by atoms with Gasteiger partial charge in [-0.1, -0.05) is 44.5 Å². The van der Waals surface area contributed by atoms with Crippen molar-refractivity contribution in [3.05, 3.63) is 34.9 Å².